The van der Waals surface area contributed by atoms with Crippen molar-refractivity contribution >= 4 is 22.9 Å². The number of aliphatic hydroxyl groups is 1. The highest BCUT2D eigenvalue weighted by Gasteiger charge is 2.33. The molecule has 4 rings (SSSR count). The molecule has 4 heterocycles. The van der Waals surface area contributed by atoms with Gasteiger partial charge in [0.2, 0.25) is 0 Å². The van der Waals surface area contributed by atoms with Crippen molar-refractivity contribution in [3.63, 3.8) is 0 Å². The van der Waals surface area contributed by atoms with Crippen molar-refractivity contribution < 1.29 is 23.1 Å². The van der Waals surface area contributed by atoms with E-state index in [-0.39, 0.29) is 5.69 Å². The number of carbonyl (C=O) groups is 1. The monoisotopic (exact) mass is 504 g/mol. The molecule has 0 bridgehead atoms. The summed E-state index contributed by atoms with van der Waals surface area (Å²) >= 11 is 0. The third kappa shape index (κ3) is 6.14. The van der Waals surface area contributed by atoms with Crippen molar-refractivity contribution in [2.75, 3.05) is 29.9 Å². The number of nitrogens with zero attached hydrogens (tertiary/aromatic N) is 4. The van der Waals surface area contributed by atoms with E-state index in [1.807, 2.05) is 12.3 Å². The maximum absolute atomic E-state index is 13.1. The van der Waals surface area contributed by atoms with Crippen LogP contribution in [0.5, 0.6) is 0 Å². The van der Waals surface area contributed by atoms with Crippen LogP contribution in [0.3, 0.4) is 0 Å². The van der Waals surface area contributed by atoms with E-state index in [1.165, 1.54) is 6.07 Å². The van der Waals surface area contributed by atoms with Crippen LogP contribution in [0.4, 0.5) is 24.5 Å². The van der Waals surface area contributed by atoms with Crippen molar-refractivity contribution in [2.24, 2.45) is 11.7 Å². The Morgan fingerprint density at radius 2 is 1.92 bits per heavy atom. The van der Waals surface area contributed by atoms with Gasteiger partial charge in [0.05, 0.1) is 22.7 Å². The highest BCUT2D eigenvalue weighted by Crippen LogP contribution is 2.32. The molecule has 1 aliphatic rings. The first-order valence-electron chi connectivity index (χ1n) is 12.0. The molecule has 0 aliphatic carbocycles. The molecular weight excluding hydrogens is 473 g/mol. The molecule has 0 unspecified atom stereocenters. The van der Waals surface area contributed by atoms with E-state index in [2.05, 4.69) is 20.2 Å². The van der Waals surface area contributed by atoms with Gasteiger partial charge in [-0.1, -0.05) is 6.07 Å². The molecule has 0 aromatic carbocycles. The Balaban J connectivity index is 1.66. The van der Waals surface area contributed by atoms with E-state index in [1.54, 1.807) is 24.4 Å². The minimum absolute atomic E-state index is 0.325. The van der Waals surface area contributed by atoms with Gasteiger partial charge in [0, 0.05) is 31.5 Å². The fourth-order valence-corrected chi connectivity index (χ4v) is 4.30. The van der Waals surface area contributed by atoms with Gasteiger partial charge in [-0.3, -0.25) is 4.79 Å². The first-order valence-corrected chi connectivity index (χ1v) is 12.0. The number of imidazole rings is 1. The van der Waals surface area contributed by atoms with Crippen LogP contribution in [0.25, 0.3) is 5.65 Å². The predicted molar refractivity (Wildman–Crippen MR) is 131 cm³/mol. The van der Waals surface area contributed by atoms with Crippen LogP contribution in [0.1, 0.15) is 55.0 Å². The lowest BCUT2D eigenvalue weighted by Gasteiger charge is -2.34. The zero-order chi connectivity index (χ0) is 26.1. The lowest BCUT2D eigenvalue weighted by Crippen LogP contribution is -2.36. The Kier molecular flexibility index (Phi) is 7.24. The molecule has 11 heteroatoms. The van der Waals surface area contributed by atoms with E-state index in [0.29, 0.717) is 36.6 Å². The molecule has 36 heavy (non-hydrogen) atoms. The van der Waals surface area contributed by atoms with Gasteiger partial charge in [-0.25, -0.2) is 9.97 Å². The van der Waals surface area contributed by atoms with Crippen molar-refractivity contribution in [3.05, 3.63) is 53.7 Å². The average Bonchev–Trinajstić information content (AvgIpc) is 3.23. The lowest BCUT2D eigenvalue weighted by atomic mass is 9.96. The van der Waals surface area contributed by atoms with Crippen LogP contribution < -0.4 is 16.0 Å². The second-order valence-electron chi connectivity index (χ2n) is 9.91. The Morgan fingerprint density at radius 1 is 1.19 bits per heavy atom. The second kappa shape index (κ2) is 10.1. The number of carbonyl (C=O) groups excluding carboxylic acids is 1. The molecule has 8 nitrogen and oxygen atoms in total. The third-order valence-electron chi connectivity index (χ3n) is 6.42. The number of halogens is 3. The number of hydrogen-bond acceptors (Lipinski definition) is 6. The van der Waals surface area contributed by atoms with Gasteiger partial charge in [0.1, 0.15) is 17.0 Å². The molecule has 1 aliphatic heterocycles. The number of nitrogens with two attached hydrogens (primary N) is 1. The minimum atomic E-state index is -4.65. The molecule has 0 spiro atoms. The van der Waals surface area contributed by atoms with Gasteiger partial charge >= 0.3 is 6.18 Å². The predicted octanol–water partition coefficient (Wildman–Crippen LogP) is 3.88. The lowest BCUT2D eigenvalue weighted by molar-refractivity contribution is -0.141. The van der Waals surface area contributed by atoms with Crippen LogP contribution in [-0.2, 0) is 12.6 Å². The van der Waals surface area contributed by atoms with Gasteiger partial charge in [0.15, 0.2) is 0 Å². The summed E-state index contributed by atoms with van der Waals surface area (Å²) in [5, 5.41) is 12.8. The van der Waals surface area contributed by atoms with Crippen LogP contribution in [0, 0.1) is 5.92 Å². The fourth-order valence-electron chi connectivity index (χ4n) is 4.30. The SMILES string of the molecule is CC(C)(O)CCc1cn2cc(NC(=O)c3cccc(C(F)(F)F)n3)c(N3CCC(CN)CC3)cc2n1. The number of rotatable bonds is 7. The summed E-state index contributed by atoms with van der Waals surface area (Å²) in [4.78, 5) is 23.3. The van der Waals surface area contributed by atoms with Crippen molar-refractivity contribution in [3.8, 4) is 0 Å². The Bertz CT molecular complexity index is 1230. The summed E-state index contributed by atoms with van der Waals surface area (Å²) < 4.78 is 41.1. The summed E-state index contributed by atoms with van der Waals surface area (Å²) in [5.74, 6) is -0.307. The average molecular weight is 505 g/mol. The molecule has 1 fully saturated rings. The van der Waals surface area contributed by atoms with Crippen LogP contribution in [-0.4, -0.2) is 50.6 Å². The Morgan fingerprint density at radius 3 is 2.56 bits per heavy atom. The van der Waals surface area contributed by atoms with Crippen LogP contribution >= 0.6 is 0 Å². The van der Waals surface area contributed by atoms with Gasteiger partial charge < -0.3 is 25.5 Å². The molecule has 1 saturated heterocycles. The van der Waals surface area contributed by atoms with E-state index in [4.69, 9.17) is 5.73 Å². The largest absolute Gasteiger partial charge is 0.433 e. The van der Waals surface area contributed by atoms with Gasteiger partial charge in [-0.2, -0.15) is 13.2 Å². The maximum Gasteiger partial charge on any atom is 0.433 e. The number of alkyl halides is 3. The highest BCUT2D eigenvalue weighted by atomic mass is 19.4. The zero-order valence-electron chi connectivity index (χ0n) is 20.3. The number of piperidine rings is 1. The standard InChI is InChI=1S/C25H31F3N6O2/c1-24(2,36)9-6-17-14-34-15-19(32-23(35)18-4-3-5-21(31-18)25(26,27)28)20(12-22(34)30-17)33-10-7-16(13-29)8-11-33/h3-5,12,14-16,36H,6-11,13,29H2,1-2H3,(H,32,35). The third-order valence-corrected chi connectivity index (χ3v) is 6.42. The van der Waals surface area contributed by atoms with E-state index >= 15 is 0 Å². The van der Waals surface area contributed by atoms with Crippen molar-refractivity contribution in [1.29, 1.82) is 0 Å². The molecule has 0 atom stereocenters. The summed E-state index contributed by atoms with van der Waals surface area (Å²) in [6.45, 7) is 5.55. The molecular formula is C25H31F3N6O2. The van der Waals surface area contributed by atoms with Crippen molar-refractivity contribution in [2.45, 2.75) is 51.3 Å². The van der Waals surface area contributed by atoms with Gasteiger partial charge in [-0.15, -0.1) is 0 Å². The molecule has 3 aromatic heterocycles. The number of anilines is 2. The summed E-state index contributed by atoms with van der Waals surface area (Å²) in [7, 11) is 0. The number of aromatic nitrogens is 3. The first kappa shape index (κ1) is 25.9. The summed E-state index contributed by atoms with van der Waals surface area (Å²) in [6.07, 6.45) is 1.78. The number of aryl methyl sites for hydroxylation is 1. The Hall–Kier alpha value is -3.18. The normalized spacial score (nSPS) is 15.5. The number of pyridine rings is 2. The van der Waals surface area contributed by atoms with Gasteiger partial charge in [0.25, 0.3) is 5.91 Å². The first-order chi connectivity index (χ1) is 16.9. The van der Waals surface area contributed by atoms with E-state index < -0.39 is 23.4 Å². The quantitative estimate of drug-likeness (QED) is 0.451. The topological polar surface area (TPSA) is 109 Å². The summed E-state index contributed by atoms with van der Waals surface area (Å²) in [6, 6.07) is 5.11. The maximum atomic E-state index is 13.1. The molecule has 0 saturated carbocycles. The number of amides is 1. The van der Waals surface area contributed by atoms with E-state index in [9.17, 15) is 23.1 Å². The number of fused-ring (bicyclic) bond motifs is 1. The molecule has 4 N–H and O–H groups in total. The number of nitrogens with one attached hydrogen (secondary N) is 1. The molecule has 3 aromatic rings. The van der Waals surface area contributed by atoms with E-state index in [0.717, 1.165) is 49.4 Å². The molecule has 194 valence electrons. The smallest absolute Gasteiger partial charge is 0.390 e. The number of hydrogen-bond donors (Lipinski definition) is 3. The van der Waals surface area contributed by atoms with Crippen LogP contribution in [0.15, 0.2) is 36.7 Å². The minimum Gasteiger partial charge on any atom is -0.390 e. The van der Waals surface area contributed by atoms with Crippen molar-refractivity contribution in [1.82, 2.24) is 14.4 Å². The van der Waals surface area contributed by atoms with Gasteiger partial charge in [-0.05, 0) is 64.1 Å². The molecule has 0 radical (unpaired) electrons. The zero-order valence-corrected chi connectivity index (χ0v) is 20.3. The molecule has 1 amide bonds. The highest BCUT2D eigenvalue weighted by molar-refractivity contribution is 6.04. The Labute approximate surface area is 207 Å². The summed E-state index contributed by atoms with van der Waals surface area (Å²) in [5.41, 5.74) is 6.20. The fraction of sp³-hybridized carbons (Fsp3) is 0.480. The second-order valence-corrected chi connectivity index (χ2v) is 9.91. The van der Waals surface area contributed by atoms with Crippen LogP contribution in [0.2, 0.25) is 0 Å².